The van der Waals surface area contributed by atoms with Crippen molar-refractivity contribution in [3.63, 3.8) is 0 Å². The molecule has 1 N–H and O–H groups in total. The summed E-state index contributed by atoms with van der Waals surface area (Å²) in [5.41, 5.74) is 2.91. The van der Waals surface area contributed by atoms with E-state index in [2.05, 4.69) is 43.3 Å². The van der Waals surface area contributed by atoms with Gasteiger partial charge in [-0.1, -0.05) is 69.2 Å². The number of carbonyl (C=O) groups excluding carboxylic acids is 1. The molecule has 1 aromatic carbocycles. The average molecular weight is 701 g/mol. The van der Waals surface area contributed by atoms with Crippen molar-refractivity contribution in [3.8, 4) is 11.6 Å². The number of aromatic nitrogens is 1. The number of ether oxygens (including phenoxy) is 1. The summed E-state index contributed by atoms with van der Waals surface area (Å²) < 4.78 is 7.07. The van der Waals surface area contributed by atoms with E-state index in [1.54, 1.807) is 11.3 Å². The summed E-state index contributed by atoms with van der Waals surface area (Å²) in [6, 6.07) is 9.28. The van der Waals surface area contributed by atoms with Crippen LogP contribution in [0.3, 0.4) is 0 Å². The smallest absolute Gasteiger partial charge is 0.218 e. The number of carbonyl (C=O) groups is 1. The first kappa shape index (κ1) is 33.0. The molecule has 0 amide bonds. The van der Waals surface area contributed by atoms with Crippen LogP contribution in [0.1, 0.15) is 90.8 Å². The topological polar surface area (TPSA) is 59.4 Å². The van der Waals surface area contributed by atoms with Crippen LogP contribution >= 0.6 is 11.3 Å². The Morgan fingerprint density at radius 2 is 1.73 bits per heavy atom. The van der Waals surface area contributed by atoms with Gasteiger partial charge in [0.15, 0.2) is 5.78 Å². The Bertz CT molecular complexity index is 1200. The van der Waals surface area contributed by atoms with Gasteiger partial charge in [-0.2, -0.15) is 17.2 Å². The zero-order valence-corrected chi connectivity index (χ0v) is 27.1. The van der Waals surface area contributed by atoms with Crippen LogP contribution < -0.4 is 4.74 Å². The van der Waals surface area contributed by atoms with Crippen molar-refractivity contribution in [2.24, 2.45) is 10.8 Å². The maximum Gasteiger partial charge on any atom is 0.218 e. The number of hydrogen-bond donors (Lipinski definition) is 1. The second kappa shape index (κ2) is 13.7. The number of benzene rings is 1. The number of aliphatic hydroxyl groups excluding tert-OH is 1. The first-order valence-corrected chi connectivity index (χ1v) is 13.6. The molecular weight excluding hydrogens is 659 g/mol. The van der Waals surface area contributed by atoms with E-state index >= 15 is 0 Å². The van der Waals surface area contributed by atoms with Gasteiger partial charge < -0.3 is 9.84 Å². The minimum atomic E-state index is -0.377. The molecule has 0 atom stereocenters. The predicted molar refractivity (Wildman–Crippen MR) is 152 cm³/mol. The van der Waals surface area contributed by atoms with Gasteiger partial charge >= 0.3 is 0 Å². The number of aryl methyl sites for hydroxylation is 2. The third kappa shape index (κ3) is 9.05. The van der Waals surface area contributed by atoms with Gasteiger partial charge in [0.1, 0.15) is 5.76 Å². The van der Waals surface area contributed by atoms with Crippen molar-refractivity contribution in [1.82, 2.24) is 4.98 Å². The van der Waals surface area contributed by atoms with Gasteiger partial charge in [-0.3, -0.25) is 4.79 Å². The number of fused-ring (bicyclic) bond motifs is 1. The van der Waals surface area contributed by atoms with Gasteiger partial charge in [0.05, 0.1) is 0 Å². The number of rotatable bonds is 8. The van der Waals surface area contributed by atoms with Crippen LogP contribution in [0.25, 0.3) is 10.1 Å². The Morgan fingerprint density at radius 3 is 2.27 bits per heavy atom. The van der Waals surface area contributed by atoms with Crippen molar-refractivity contribution < 1.29 is 34.7 Å². The van der Waals surface area contributed by atoms with E-state index in [1.807, 2.05) is 66.8 Å². The molecule has 0 unspecified atom stereocenters. The van der Waals surface area contributed by atoms with Crippen molar-refractivity contribution in [2.75, 3.05) is 0 Å². The van der Waals surface area contributed by atoms with Crippen molar-refractivity contribution >= 4 is 27.2 Å². The Labute approximate surface area is 240 Å². The molecular formula is C31H42IrNO3S-. The van der Waals surface area contributed by atoms with Crippen LogP contribution in [0.5, 0.6) is 11.6 Å². The van der Waals surface area contributed by atoms with Crippen LogP contribution in [0.15, 0.2) is 41.6 Å². The molecule has 1 radical (unpaired) electrons. The molecule has 205 valence electrons. The largest absolute Gasteiger partial charge is 0.512 e. The normalized spacial score (nSPS) is 12.1. The van der Waals surface area contributed by atoms with Crippen LogP contribution in [0, 0.1) is 30.7 Å². The van der Waals surface area contributed by atoms with E-state index in [0.717, 1.165) is 24.2 Å². The number of pyridine rings is 1. The second-order valence-electron chi connectivity index (χ2n) is 11.0. The van der Waals surface area contributed by atoms with Crippen molar-refractivity contribution in [3.05, 3.63) is 64.4 Å². The molecule has 0 saturated heterocycles. The molecule has 6 heteroatoms. The molecule has 2 heterocycles. The van der Waals surface area contributed by atoms with Gasteiger partial charge in [0.25, 0.3) is 0 Å². The predicted octanol–water partition coefficient (Wildman–Crippen LogP) is 9.50. The maximum absolute atomic E-state index is 11.8. The van der Waals surface area contributed by atoms with E-state index in [0.29, 0.717) is 11.8 Å². The van der Waals surface area contributed by atoms with E-state index in [4.69, 9.17) is 4.74 Å². The standard InChI is InChI=1S/C18H18NOS.C13H24O2.Ir/c1-11(2)16-10-21-17-8-18(19-9-15(16)17)20-14-6-12(3)5-13(4)7-14;1-7-12(3,4)10(14)9-11(15)13(5,6)8-2;/h5-6,8-11H,1-4H3;9,14H,7-8H2,1-6H3;/q-1;;/b;10-9-;. The molecule has 0 aliphatic carbocycles. The van der Waals surface area contributed by atoms with Crippen LogP contribution in [0.4, 0.5) is 0 Å². The fraction of sp³-hybridized carbons (Fsp3) is 0.484. The first-order chi connectivity index (χ1) is 16.7. The number of hydrogen-bond acceptors (Lipinski definition) is 5. The molecule has 0 bridgehead atoms. The summed E-state index contributed by atoms with van der Waals surface area (Å²) in [4.78, 5) is 16.3. The Balaban J connectivity index is 0.000000384. The van der Waals surface area contributed by atoms with Crippen molar-refractivity contribution in [1.29, 1.82) is 0 Å². The van der Waals surface area contributed by atoms with Gasteiger partial charge in [-0.05, 0) is 29.7 Å². The fourth-order valence-corrected chi connectivity index (χ4v) is 4.44. The SMILES string of the molecule is CCC(C)(C)C(=O)/C=C(\O)C(C)(C)CC.Cc1[c-]c(Oc2cc3scc(C(C)C)c3cn2)cc(C)c1.[Ir]. The van der Waals surface area contributed by atoms with Gasteiger partial charge in [0.2, 0.25) is 5.88 Å². The van der Waals surface area contributed by atoms with Gasteiger partial charge in [-0.25, -0.2) is 4.98 Å². The summed E-state index contributed by atoms with van der Waals surface area (Å²) in [5, 5.41) is 13.3. The molecule has 2 aromatic heterocycles. The molecule has 0 spiro atoms. The average Bonchev–Trinajstić information content (AvgIpc) is 3.22. The maximum atomic E-state index is 11.8. The molecule has 0 saturated carbocycles. The zero-order chi connectivity index (χ0) is 27.3. The van der Waals surface area contributed by atoms with E-state index in [9.17, 15) is 9.90 Å². The second-order valence-corrected chi connectivity index (χ2v) is 12.0. The quantitative estimate of drug-likeness (QED) is 0.145. The van der Waals surface area contributed by atoms with E-state index in [1.165, 1.54) is 27.3 Å². The number of allylic oxidation sites excluding steroid dienone is 2. The first-order valence-electron chi connectivity index (χ1n) is 12.7. The Kier molecular flexibility index (Phi) is 12.2. The van der Waals surface area contributed by atoms with E-state index in [-0.39, 0.29) is 42.5 Å². The summed E-state index contributed by atoms with van der Waals surface area (Å²) in [6.07, 6.45) is 4.91. The van der Waals surface area contributed by atoms with Gasteiger partial charge in [0, 0.05) is 65.1 Å². The minimum absolute atomic E-state index is 0. The fourth-order valence-electron chi connectivity index (χ4n) is 3.32. The summed E-state index contributed by atoms with van der Waals surface area (Å²) in [6.45, 7) is 20.1. The van der Waals surface area contributed by atoms with Gasteiger partial charge in [-0.15, -0.1) is 23.5 Å². The third-order valence-electron chi connectivity index (χ3n) is 6.82. The summed E-state index contributed by atoms with van der Waals surface area (Å²) >= 11 is 1.74. The number of nitrogens with zero attached hydrogens (tertiary/aromatic N) is 1. The third-order valence-corrected chi connectivity index (χ3v) is 7.78. The Hall–Kier alpha value is -2.01. The zero-order valence-electron chi connectivity index (χ0n) is 23.9. The van der Waals surface area contributed by atoms with E-state index < -0.39 is 0 Å². The number of thiophene rings is 1. The molecule has 0 fully saturated rings. The molecule has 37 heavy (non-hydrogen) atoms. The van der Waals surface area contributed by atoms with Crippen molar-refractivity contribution in [2.45, 2.75) is 88.0 Å². The summed E-state index contributed by atoms with van der Waals surface area (Å²) in [7, 11) is 0. The van der Waals surface area contributed by atoms with Crippen LogP contribution in [-0.4, -0.2) is 15.9 Å². The number of aliphatic hydroxyl groups is 1. The Morgan fingerprint density at radius 1 is 1.11 bits per heavy atom. The minimum Gasteiger partial charge on any atom is -0.512 e. The molecule has 3 aromatic rings. The molecule has 4 nitrogen and oxygen atoms in total. The van der Waals surface area contributed by atoms with Crippen LogP contribution in [-0.2, 0) is 24.9 Å². The molecule has 0 aliphatic rings. The number of ketones is 1. The van der Waals surface area contributed by atoms with Crippen LogP contribution in [0.2, 0.25) is 0 Å². The summed E-state index contributed by atoms with van der Waals surface area (Å²) in [5.74, 6) is 2.06. The molecule has 0 aliphatic heterocycles. The molecule has 3 rings (SSSR count). The monoisotopic (exact) mass is 701 g/mol.